The van der Waals surface area contributed by atoms with Crippen molar-refractivity contribution in [3.05, 3.63) is 151 Å². The minimum Gasteiger partial charge on any atom is -0.444 e. The van der Waals surface area contributed by atoms with Crippen LogP contribution in [0.3, 0.4) is 0 Å². The lowest BCUT2D eigenvalue weighted by molar-refractivity contribution is -0.388. The van der Waals surface area contributed by atoms with Crippen molar-refractivity contribution in [3.8, 4) is 5.40 Å². The van der Waals surface area contributed by atoms with Gasteiger partial charge in [0.1, 0.15) is 40.6 Å². The Balaban J connectivity index is 0.000000180. The Kier molecular flexibility index (Phi) is 18.6. The number of aromatic nitrogens is 4. The molecule has 4 aromatic carbocycles. The molecule has 0 bridgehead atoms. The molecule has 2 aliphatic heterocycles. The van der Waals surface area contributed by atoms with Crippen LogP contribution in [0.4, 0.5) is 70.2 Å². The minimum atomic E-state index is -0.825. The number of nitrogens with two attached hydrogens (primary N) is 1. The monoisotopic (exact) mass is 1160 g/mol. The van der Waals surface area contributed by atoms with Crippen molar-refractivity contribution in [2.45, 2.75) is 107 Å². The number of thioether (sulfide) groups is 1. The predicted octanol–water partition coefficient (Wildman–Crippen LogP) is 11.6. The smallest absolute Gasteiger partial charge is 0.412 e. The molecule has 28 heteroatoms. The normalized spacial score (nSPS) is 17.2. The molecule has 25 nitrogen and oxygen atoms in total. The number of halogens is 2. The van der Waals surface area contributed by atoms with E-state index >= 15 is 0 Å². The maximum absolute atomic E-state index is 14.1. The zero-order valence-electron chi connectivity index (χ0n) is 45.8. The standard InChI is InChI=1S/C27H29FN6O6.C16H15FN6O4S.C12H15NO2/c1-26(2,3)40-25(35)32-20-9-8-16(28)14-21(20)31-24-29-15-22(34(36)37)23(33-24)30-19-10-11-27(38-12-13-39-27)18-7-5-4-6-17(18)19;1-16(2,3)27-15(24)21-10-5-4-9(17)6-11(10)20-14-19-7-12(23(25)26)13(22-14)28-8-18;13-11-5-6-12(14-7-8-15-12)10-4-2-1-3-9(10)11/h4-9,14-15,19H,10-13H2,1-3H3,(H,32,35)(H2,29,30,31,33);4-7H,1-3H3,(H,21,24)(H,19,20,22);1-4,11H,5-8,13H2. The van der Waals surface area contributed by atoms with Crippen LogP contribution in [0.1, 0.15) is 102 Å². The van der Waals surface area contributed by atoms with Crippen LogP contribution in [-0.2, 0) is 40.0 Å². The number of nitrogens with zero attached hydrogens (tertiary/aromatic N) is 7. The Labute approximate surface area is 478 Å². The Morgan fingerprint density at radius 1 is 0.687 bits per heavy atom. The summed E-state index contributed by atoms with van der Waals surface area (Å²) in [5.74, 6) is -2.70. The molecule has 2 spiro atoms. The maximum Gasteiger partial charge on any atom is 0.412 e. The van der Waals surface area contributed by atoms with Gasteiger partial charge in [0.05, 0.1) is 65.1 Å². The fourth-order valence-corrected chi connectivity index (χ4v) is 9.71. The highest BCUT2D eigenvalue weighted by molar-refractivity contribution is 8.03. The van der Waals surface area contributed by atoms with E-state index in [1.807, 2.05) is 36.4 Å². The van der Waals surface area contributed by atoms with Gasteiger partial charge in [0.25, 0.3) is 0 Å². The summed E-state index contributed by atoms with van der Waals surface area (Å²) in [5, 5.41) is 46.9. The first-order valence-corrected chi connectivity index (χ1v) is 26.7. The second kappa shape index (κ2) is 25.6. The number of carbonyl (C=O) groups is 2. The quantitative estimate of drug-likeness (QED) is 0.0231. The largest absolute Gasteiger partial charge is 0.444 e. The van der Waals surface area contributed by atoms with Gasteiger partial charge >= 0.3 is 23.6 Å². The van der Waals surface area contributed by atoms with E-state index in [0.717, 1.165) is 60.1 Å². The number of nitrogens with one attached hydrogen (secondary N) is 5. The summed E-state index contributed by atoms with van der Waals surface area (Å²) < 4.78 is 61.7. The van der Waals surface area contributed by atoms with E-state index in [1.165, 1.54) is 23.8 Å². The number of hydrogen-bond donors (Lipinski definition) is 6. The van der Waals surface area contributed by atoms with Crippen LogP contribution in [0, 0.1) is 42.5 Å². The highest BCUT2D eigenvalue weighted by Gasteiger charge is 2.46. The Hall–Kier alpha value is -8.72. The summed E-state index contributed by atoms with van der Waals surface area (Å²) in [7, 11) is 0. The number of ether oxygens (including phenoxy) is 6. The van der Waals surface area contributed by atoms with Gasteiger partial charge in [-0.1, -0.05) is 48.5 Å². The lowest BCUT2D eigenvalue weighted by atomic mass is 9.83. The number of fused-ring (bicyclic) bond motifs is 4. The van der Waals surface area contributed by atoms with Crippen LogP contribution < -0.4 is 32.3 Å². The van der Waals surface area contributed by atoms with Gasteiger partial charge < -0.3 is 50.1 Å². The number of amides is 2. The number of hydrogen-bond acceptors (Lipinski definition) is 22. The zero-order chi connectivity index (χ0) is 59.7. The first kappa shape index (κ1) is 60.4. The highest BCUT2D eigenvalue weighted by Crippen LogP contribution is 2.48. The van der Waals surface area contributed by atoms with Gasteiger partial charge in [-0.3, -0.25) is 30.9 Å². The molecule has 6 aromatic rings. The summed E-state index contributed by atoms with van der Waals surface area (Å²) in [6.45, 7) is 12.6. The number of benzene rings is 4. The number of rotatable bonds is 11. The van der Waals surface area contributed by atoms with E-state index in [2.05, 4.69) is 58.7 Å². The fraction of sp³-hybridized carbons (Fsp3) is 0.364. The number of anilines is 7. The lowest BCUT2D eigenvalue weighted by Gasteiger charge is -2.37. The highest BCUT2D eigenvalue weighted by atomic mass is 32.2. The van der Waals surface area contributed by atoms with Crippen molar-refractivity contribution in [2.75, 3.05) is 53.0 Å². The van der Waals surface area contributed by atoms with E-state index in [-0.39, 0.29) is 63.3 Å². The minimum absolute atomic E-state index is 0.0235. The summed E-state index contributed by atoms with van der Waals surface area (Å²) in [5.41, 5.74) is 8.48. The molecule has 2 aromatic heterocycles. The summed E-state index contributed by atoms with van der Waals surface area (Å²) in [6, 6.07) is 22.8. The number of thiocyanates is 1. The summed E-state index contributed by atoms with van der Waals surface area (Å²) in [6.07, 6.45) is 3.41. The second-order valence-corrected chi connectivity index (χ2v) is 21.6. The average molecular weight is 1160 g/mol. The average Bonchev–Trinajstić information content (AvgIpc) is 4.22. The van der Waals surface area contributed by atoms with E-state index in [0.29, 0.717) is 51.0 Å². The molecule has 2 aliphatic carbocycles. The van der Waals surface area contributed by atoms with Crippen molar-refractivity contribution in [1.82, 2.24) is 19.9 Å². The second-order valence-electron chi connectivity index (χ2n) is 20.9. The van der Waals surface area contributed by atoms with Gasteiger partial charge in [0.15, 0.2) is 16.6 Å². The molecule has 0 radical (unpaired) electrons. The summed E-state index contributed by atoms with van der Waals surface area (Å²) >= 11 is 0.488. The van der Waals surface area contributed by atoms with Crippen LogP contribution in [0.5, 0.6) is 0 Å². The molecule has 0 saturated carbocycles. The molecule has 7 N–H and O–H groups in total. The van der Waals surface area contributed by atoms with Crippen molar-refractivity contribution in [2.24, 2.45) is 5.73 Å². The van der Waals surface area contributed by atoms with Crippen molar-refractivity contribution < 1.29 is 56.6 Å². The molecular weight excluding hydrogens is 1100 g/mol. The van der Waals surface area contributed by atoms with E-state index in [4.69, 9.17) is 39.4 Å². The Morgan fingerprint density at radius 3 is 1.64 bits per heavy atom. The van der Waals surface area contributed by atoms with Crippen molar-refractivity contribution >= 4 is 75.8 Å². The molecule has 4 heterocycles. The van der Waals surface area contributed by atoms with Gasteiger partial charge in [-0.05, 0) is 102 Å². The molecule has 4 aliphatic rings. The van der Waals surface area contributed by atoms with Crippen molar-refractivity contribution in [3.63, 3.8) is 0 Å². The lowest BCUT2D eigenvalue weighted by Crippen LogP contribution is -2.35. The third-order valence-corrected chi connectivity index (χ3v) is 13.2. The molecule has 2 fully saturated rings. The van der Waals surface area contributed by atoms with Gasteiger partial charge in [0, 0.05) is 41.8 Å². The first-order chi connectivity index (χ1) is 39.4. The third-order valence-electron chi connectivity index (χ3n) is 12.7. The van der Waals surface area contributed by atoms with Gasteiger partial charge in [-0.2, -0.15) is 15.2 Å². The topological polar surface area (TPSA) is 337 Å². The van der Waals surface area contributed by atoms with Gasteiger partial charge in [0.2, 0.25) is 17.7 Å². The number of nitro groups is 2. The third kappa shape index (κ3) is 15.2. The zero-order valence-corrected chi connectivity index (χ0v) is 46.6. The predicted molar refractivity (Wildman–Crippen MR) is 300 cm³/mol. The molecule has 436 valence electrons. The van der Waals surface area contributed by atoms with E-state index in [9.17, 15) is 38.6 Å². The first-order valence-electron chi connectivity index (χ1n) is 25.9. The Morgan fingerprint density at radius 2 is 1.14 bits per heavy atom. The molecule has 10 rings (SSSR count). The molecule has 2 unspecified atom stereocenters. The molecule has 83 heavy (non-hydrogen) atoms. The number of nitriles is 1. The molecule has 2 amide bonds. The molecule has 2 saturated heterocycles. The van der Waals surface area contributed by atoms with Crippen LogP contribution in [0.15, 0.2) is 102 Å². The van der Waals surface area contributed by atoms with Gasteiger partial charge in [-0.25, -0.2) is 28.3 Å². The fourth-order valence-electron chi connectivity index (χ4n) is 9.26. The van der Waals surface area contributed by atoms with Crippen LogP contribution >= 0.6 is 11.8 Å². The van der Waals surface area contributed by atoms with E-state index in [1.54, 1.807) is 46.9 Å². The van der Waals surface area contributed by atoms with Crippen LogP contribution in [-0.4, -0.2) is 79.6 Å². The van der Waals surface area contributed by atoms with Crippen molar-refractivity contribution in [1.29, 1.82) is 5.26 Å². The summed E-state index contributed by atoms with van der Waals surface area (Å²) in [4.78, 5) is 61.9. The van der Waals surface area contributed by atoms with Gasteiger partial charge in [-0.15, -0.1) is 0 Å². The Bertz CT molecular complexity index is 3420. The molecule has 2 atom stereocenters. The molecular formula is C55H59F2N13O12S. The maximum atomic E-state index is 14.1. The van der Waals surface area contributed by atoms with E-state index < -0.39 is 62.1 Å². The van der Waals surface area contributed by atoms with Crippen LogP contribution in [0.25, 0.3) is 0 Å². The van der Waals surface area contributed by atoms with Crippen LogP contribution in [0.2, 0.25) is 0 Å². The SMILES string of the molecule is CC(C)(C)OC(=O)Nc1ccc(F)cc1Nc1ncc([N+](=O)[O-])c(NC2CCC3(OCCO3)c3ccccc32)n1.CC(C)(C)OC(=O)Nc1ccc(F)cc1Nc1ncc([N+](=O)[O-])c(SC#N)n1.NC1CCC2(OCCO2)c2ccccc21. The number of carbonyl (C=O) groups excluding carboxylic acids is 2.